The number of aromatic nitrogens is 1. The molecule has 0 aromatic carbocycles. The Bertz CT molecular complexity index is 248. The zero-order valence-electron chi connectivity index (χ0n) is 6.92. The van der Waals surface area contributed by atoms with E-state index < -0.39 is 0 Å². The number of hydrogen-bond acceptors (Lipinski definition) is 3. The molecule has 60 valence electrons. The van der Waals surface area contributed by atoms with Crippen LogP contribution >= 0.6 is 0 Å². The Hall–Kier alpha value is -1.25. The molecule has 0 atom stereocenters. The van der Waals surface area contributed by atoms with Crippen molar-refractivity contribution in [2.45, 2.75) is 6.92 Å². The third-order valence-corrected chi connectivity index (χ3v) is 1.43. The van der Waals surface area contributed by atoms with Crippen molar-refractivity contribution in [2.75, 3.05) is 14.2 Å². The summed E-state index contributed by atoms with van der Waals surface area (Å²) < 4.78 is 9.95. The van der Waals surface area contributed by atoms with Crippen LogP contribution in [0.3, 0.4) is 0 Å². The van der Waals surface area contributed by atoms with Crippen LogP contribution in [-0.4, -0.2) is 19.2 Å². The molecule has 3 nitrogen and oxygen atoms in total. The van der Waals surface area contributed by atoms with Gasteiger partial charge in [-0.05, 0) is 13.0 Å². The maximum Gasteiger partial charge on any atom is 0.216 e. The highest BCUT2D eigenvalue weighted by molar-refractivity contribution is 5.31. The zero-order chi connectivity index (χ0) is 8.27. The molecule has 1 heterocycles. The van der Waals surface area contributed by atoms with Crippen LogP contribution in [-0.2, 0) is 0 Å². The fourth-order valence-electron chi connectivity index (χ4n) is 0.862. The van der Waals surface area contributed by atoms with Gasteiger partial charge in [-0.3, -0.25) is 0 Å². The number of aryl methyl sites for hydroxylation is 1. The van der Waals surface area contributed by atoms with Crippen molar-refractivity contribution in [3.8, 4) is 11.6 Å². The Labute approximate surface area is 66.0 Å². The first-order valence-electron chi connectivity index (χ1n) is 3.32. The molecule has 0 amide bonds. The van der Waals surface area contributed by atoms with Gasteiger partial charge in [-0.25, -0.2) is 4.98 Å². The molecular weight excluding hydrogens is 142 g/mol. The van der Waals surface area contributed by atoms with E-state index in [9.17, 15) is 0 Å². The average molecular weight is 153 g/mol. The van der Waals surface area contributed by atoms with Crippen molar-refractivity contribution in [3.05, 3.63) is 17.8 Å². The lowest BCUT2D eigenvalue weighted by atomic mass is 10.3. The molecule has 0 radical (unpaired) electrons. The van der Waals surface area contributed by atoms with Crippen LogP contribution in [0.25, 0.3) is 0 Å². The number of ether oxygens (including phenoxy) is 2. The van der Waals surface area contributed by atoms with Crippen LogP contribution in [0, 0.1) is 6.92 Å². The second-order valence-corrected chi connectivity index (χ2v) is 2.20. The molecule has 0 aliphatic rings. The maximum absolute atomic E-state index is 4.98. The Balaban J connectivity index is 2.99. The summed E-state index contributed by atoms with van der Waals surface area (Å²) in [4.78, 5) is 4.02. The van der Waals surface area contributed by atoms with Gasteiger partial charge in [0.05, 0.1) is 20.4 Å². The minimum Gasteiger partial charge on any atom is -0.495 e. The molecule has 1 aromatic rings. The number of methoxy groups -OCH3 is 2. The molecule has 0 saturated heterocycles. The molecule has 11 heavy (non-hydrogen) atoms. The predicted octanol–water partition coefficient (Wildman–Crippen LogP) is 1.41. The van der Waals surface area contributed by atoms with E-state index in [4.69, 9.17) is 9.47 Å². The van der Waals surface area contributed by atoms with Gasteiger partial charge in [-0.15, -0.1) is 0 Å². The van der Waals surface area contributed by atoms with Crippen LogP contribution in [0.2, 0.25) is 0 Å². The van der Waals surface area contributed by atoms with Crippen molar-refractivity contribution in [1.82, 2.24) is 4.98 Å². The third kappa shape index (κ3) is 1.61. The molecule has 0 unspecified atom stereocenters. The van der Waals surface area contributed by atoms with Crippen molar-refractivity contribution in [3.63, 3.8) is 0 Å². The van der Waals surface area contributed by atoms with Crippen molar-refractivity contribution in [1.29, 1.82) is 0 Å². The lowest BCUT2D eigenvalue weighted by Crippen LogP contribution is -1.92. The van der Waals surface area contributed by atoms with Gasteiger partial charge in [0.1, 0.15) is 5.75 Å². The average Bonchev–Trinajstić information content (AvgIpc) is 2.04. The predicted molar refractivity (Wildman–Crippen MR) is 42.1 cm³/mol. The molecule has 0 bridgehead atoms. The number of hydrogen-bond donors (Lipinski definition) is 0. The molecule has 0 spiro atoms. The smallest absolute Gasteiger partial charge is 0.216 e. The molecule has 0 fully saturated rings. The Morgan fingerprint density at radius 1 is 1.27 bits per heavy atom. The minimum atomic E-state index is 0.644. The van der Waals surface area contributed by atoms with Gasteiger partial charge < -0.3 is 9.47 Å². The maximum atomic E-state index is 4.98. The van der Waals surface area contributed by atoms with Crippen LogP contribution in [0.1, 0.15) is 5.56 Å². The second-order valence-electron chi connectivity index (χ2n) is 2.20. The van der Waals surface area contributed by atoms with E-state index in [0.29, 0.717) is 5.88 Å². The quantitative estimate of drug-likeness (QED) is 0.643. The summed E-state index contributed by atoms with van der Waals surface area (Å²) in [6.07, 6.45) is 1.63. The summed E-state index contributed by atoms with van der Waals surface area (Å²) >= 11 is 0. The number of rotatable bonds is 2. The van der Waals surface area contributed by atoms with E-state index >= 15 is 0 Å². The van der Waals surface area contributed by atoms with Gasteiger partial charge >= 0.3 is 0 Å². The third-order valence-electron chi connectivity index (χ3n) is 1.43. The lowest BCUT2D eigenvalue weighted by molar-refractivity contribution is 0.384. The normalized spacial score (nSPS) is 9.36. The van der Waals surface area contributed by atoms with E-state index in [1.54, 1.807) is 20.4 Å². The summed E-state index contributed by atoms with van der Waals surface area (Å²) in [5, 5.41) is 0. The first-order chi connectivity index (χ1) is 5.27. The number of pyridine rings is 1. The van der Waals surface area contributed by atoms with Gasteiger partial charge in [0.25, 0.3) is 0 Å². The standard InChI is InChI=1S/C8H11NO2/c1-6-4-7(10-2)5-9-8(6)11-3/h4-5H,1-3H3. The molecule has 0 aliphatic carbocycles. The summed E-state index contributed by atoms with van der Waals surface area (Å²) in [6.45, 7) is 1.92. The molecule has 1 rings (SSSR count). The molecular formula is C8H11NO2. The molecule has 1 aromatic heterocycles. The highest BCUT2D eigenvalue weighted by Crippen LogP contribution is 2.18. The first kappa shape index (κ1) is 7.85. The fourth-order valence-corrected chi connectivity index (χ4v) is 0.862. The van der Waals surface area contributed by atoms with Gasteiger partial charge in [0.15, 0.2) is 0 Å². The topological polar surface area (TPSA) is 31.4 Å². The van der Waals surface area contributed by atoms with Gasteiger partial charge in [0.2, 0.25) is 5.88 Å². The molecule has 0 N–H and O–H groups in total. The van der Waals surface area contributed by atoms with Crippen molar-refractivity contribution < 1.29 is 9.47 Å². The fraction of sp³-hybridized carbons (Fsp3) is 0.375. The Morgan fingerprint density at radius 2 is 2.00 bits per heavy atom. The van der Waals surface area contributed by atoms with Crippen LogP contribution in [0.5, 0.6) is 11.6 Å². The summed E-state index contributed by atoms with van der Waals surface area (Å²) in [5.74, 6) is 1.40. The molecule has 3 heteroatoms. The SMILES string of the molecule is COc1cnc(OC)c(C)c1. The van der Waals surface area contributed by atoms with E-state index in [0.717, 1.165) is 11.3 Å². The van der Waals surface area contributed by atoms with E-state index in [1.165, 1.54) is 0 Å². The van der Waals surface area contributed by atoms with Crippen molar-refractivity contribution >= 4 is 0 Å². The summed E-state index contributed by atoms with van der Waals surface area (Å²) in [7, 11) is 3.21. The van der Waals surface area contributed by atoms with Crippen LogP contribution in [0.4, 0.5) is 0 Å². The minimum absolute atomic E-state index is 0.644. The first-order valence-corrected chi connectivity index (χ1v) is 3.32. The van der Waals surface area contributed by atoms with E-state index in [2.05, 4.69) is 4.98 Å². The highest BCUT2D eigenvalue weighted by Gasteiger charge is 1.99. The van der Waals surface area contributed by atoms with Gasteiger partial charge in [0, 0.05) is 5.56 Å². The highest BCUT2D eigenvalue weighted by atomic mass is 16.5. The van der Waals surface area contributed by atoms with Gasteiger partial charge in [-0.1, -0.05) is 0 Å². The van der Waals surface area contributed by atoms with Crippen LogP contribution < -0.4 is 9.47 Å². The van der Waals surface area contributed by atoms with E-state index in [1.807, 2.05) is 13.0 Å². The number of nitrogens with zero attached hydrogens (tertiary/aromatic N) is 1. The van der Waals surface area contributed by atoms with Crippen molar-refractivity contribution in [2.24, 2.45) is 0 Å². The molecule has 0 aliphatic heterocycles. The monoisotopic (exact) mass is 153 g/mol. The van der Waals surface area contributed by atoms with Gasteiger partial charge in [-0.2, -0.15) is 0 Å². The Morgan fingerprint density at radius 3 is 2.45 bits per heavy atom. The largest absolute Gasteiger partial charge is 0.495 e. The lowest BCUT2D eigenvalue weighted by Gasteiger charge is -2.04. The summed E-state index contributed by atoms with van der Waals surface area (Å²) in [6, 6.07) is 1.88. The van der Waals surface area contributed by atoms with Crippen LogP contribution in [0.15, 0.2) is 12.3 Å². The second kappa shape index (κ2) is 3.23. The van der Waals surface area contributed by atoms with E-state index in [-0.39, 0.29) is 0 Å². The summed E-state index contributed by atoms with van der Waals surface area (Å²) in [5.41, 5.74) is 0.979. The Kier molecular flexibility index (Phi) is 2.31. The molecule has 0 saturated carbocycles. The zero-order valence-corrected chi connectivity index (χ0v) is 6.92.